The first-order chi connectivity index (χ1) is 15.3. The highest BCUT2D eigenvalue weighted by atomic mass is 16.4. The second kappa shape index (κ2) is 7.11. The van der Waals surface area contributed by atoms with E-state index in [-0.39, 0.29) is 33.7 Å². The van der Waals surface area contributed by atoms with Gasteiger partial charge >= 0.3 is 5.97 Å². The summed E-state index contributed by atoms with van der Waals surface area (Å²) in [5, 5.41) is 21.4. The fraction of sp³-hybridized carbons (Fsp3) is 0.900. The highest BCUT2D eigenvalue weighted by Crippen LogP contribution is 2.77. The molecule has 5 saturated carbocycles. The molecule has 0 amide bonds. The molecule has 0 radical (unpaired) electrons. The molecule has 3 heteroatoms. The van der Waals surface area contributed by atoms with Crippen molar-refractivity contribution in [2.24, 2.45) is 56.7 Å². The number of aliphatic hydroxyl groups is 1. The summed E-state index contributed by atoms with van der Waals surface area (Å²) in [6.45, 7) is 18.8. The van der Waals surface area contributed by atoms with E-state index in [0.717, 1.165) is 38.5 Å². The average Bonchev–Trinajstić information content (AvgIpc) is 3.13. The number of aliphatic carboxylic acids is 1. The van der Waals surface area contributed by atoms with Crippen LogP contribution in [0.25, 0.3) is 0 Å². The molecule has 3 nitrogen and oxygen atoms in total. The molecule has 2 N–H and O–H groups in total. The molecule has 5 rings (SSSR count). The predicted octanol–water partition coefficient (Wildman–Crippen LogP) is 7.09. The first kappa shape index (κ1) is 23.9. The van der Waals surface area contributed by atoms with Crippen molar-refractivity contribution in [2.75, 3.05) is 0 Å². The zero-order valence-corrected chi connectivity index (χ0v) is 22.0. The van der Waals surface area contributed by atoms with Crippen LogP contribution in [0.2, 0.25) is 0 Å². The summed E-state index contributed by atoms with van der Waals surface area (Å²) >= 11 is 0. The lowest BCUT2D eigenvalue weighted by Gasteiger charge is -2.72. The summed E-state index contributed by atoms with van der Waals surface area (Å²) in [6, 6.07) is 0. The van der Waals surface area contributed by atoms with Gasteiger partial charge in [-0.2, -0.15) is 0 Å². The Hall–Kier alpha value is -0.830. The Bertz CT molecular complexity index is 861. The molecule has 0 saturated heterocycles. The minimum Gasteiger partial charge on any atom is -0.481 e. The summed E-state index contributed by atoms with van der Waals surface area (Å²) in [7, 11) is 0. The molecule has 0 aromatic carbocycles. The molecule has 5 aliphatic carbocycles. The third-order valence-electron chi connectivity index (χ3n) is 13.5. The van der Waals surface area contributed by atoms with E-state index in [1.807, 2.05) is 0 Å². The SMILES string of the molecule is C=C(C)[C@@H]1CC[C@]2(C(=O)O)CC[C@]3(C)[C@H](CC[C@H]4[C@@]5(C)CC[C@@H](O)C(C)(C)[C@@H]5CC[C@]43C)[C@H]12. The van der Waals surface area contributed by atoms with Crippen molar-refractivity contribution >= 4 is 5.97 Å². The van der Waals surface area contributed by atoms with Crippen molar-refractivity contribution in [1.29, 1.82) is 0 Å². The number of fused-ring (bicyclic) bond motifs is 7. The largest absolute Gasteiger partial charge is 0.481 e. The number of carboxylic acid groups (broad SMARTS) is 1. The summed E-state index contributed by atoms with van der Waals surface area (Å²) in [5.74, 6) is 1.79. The van der Waals surface area contributed by atoms with Gasteiger partial charge < -0.3 is 10.2 Å². The molecular formula is C30H48O3. The van der Waals surface area contributed by atoms with Crippen LogP contribution in [0.3, 0.4) is 0 Å². The number of carboxylic acids is 1. The topological polar surface area (TPSA) is 57.5 Å². The third kappa shape index (κ3) is 2.75. The maximum Gasteiger partial charge on any atom is 0.309 e. The minimum absolute atomic E-state index is 0.0202. The third-order valence-corrected chi connectivity index (χ3v) is 13.5. The minimum atomic E-state index is -0.538. The van der Waals surface area contributed by atoms with Crippen molar-refractivity contribution in [3.63, 3.8) is 0 Å². The quantitative estimate of drug-likeness (QED) is 0.436. The molecule has 0 spiro atoms. The molecule has 0 unspecified atom stereocenters. The predicted molar refractivity (Wildman–Crippen MR) is 133 cm³/mol. The van der Waals surface area contributed by atoms with Crippen molar-refractivity contribution in [2.45, 2.75) is 112 Å². The number of hydrogen-bond donors (Lipinski definition) is 2. The van der Waals surface area contributed by atoms with Gasteiger partial charge in [-0.25, -0.2) is 0 Å². The monoisotopic (exact) mass is 456 g/mol. The van der Waals surface area contributed by atoms with E-state index in [1.165, 1.54) is 31.3 Å². The molecule has 10 atom stereocenters. The summed E-state index contributed by atoms with van der Waals surface area (Å²) in [4.78, 5) is 12.8. The molecule has 5 fully saturated rings. The smallest absolute Gasteiger partial charge is 0.309 e. The number of aliphatic hydroxyl groups excluding tert-OH is 1. The summed E-state index contributed by atoms with van der Waals surface area (Å²) < 4.78 is 0. The zero-order chi connectivity index (χ0) is 24.2. The lowest BCUT2D eigenvalue weighted by atomic mass is 9.32. The van der Waals surface area contributed by atoms with E-state index >= 15 is 0 Å². The second-order valence-corrected chi connectivity index (χ2v) is 14.5. The van der Waals surface area contributed by atoms with Gasteiger partial charge in [0.2, 0.25) is 0 Å². The standard InChI is InChI=1S/C30H48O3/c1-18(2)19-10-15-30(25(32)33)17-16-28(6)20(24(19)30)8-9-22-27(5)13-12-23(31)26(3,4)21(27)11-14-29(22,28)7/h19-24,31H,1,8-17H2,2-7H3,(H,32,33)/t19-,20+,21-,22-,23+,24-,27-,28+,29+,30-/m0/s1. The highest BCUT2D eigenvalue weighted by Gasteiger charge is 2.71. The van der Waals surface area contributed by atoms with E-state index in [9.17, 15) is 15.0 Å². The molecule has 0 bridgehead atoms. The molecule has 186 valence electrons. The molecular weight excluding hydrogens is 408 g/mol. The van der Waals surface area contributed by atoms with E-state index in [1.54, 1.807) is 0 Å². The first-order valence-corrected chi connectivity index (χ1v) is 13.8. The van der Waals surface area contributed by atoms with Crippen LogP contribution in [-0.4, -0.2) is 22.3 Å². The Morgan fingerprint density at radius 3 is 2.15 bits per heavy atom. The van der Waals surface area contributed by atoms with Crippen molar-refractivity contribution in [3.8, 4) is 0 Å². The fourth-order valence-corrected chi connectivity index (χ4v) is 11.5. The second-order valence-electron chi connectivity index (χ2n) is 14.5. The van der Waals surface area contributed by atoms with Gasteiger partial charge in [0.15, 0.2) is 0 Å². The van der Waals surface area contributed by atoms with Gasteiger partial charge in [0.05, 0.1) is 11.5 Å². The lowest BCUT2D eigenvalue weighted by molar-refractivity contribution is -0.248. The Morgan fingerprint density at radius 1 is 0.818 bits per heavy atom. The molecule has 0 aromatic heterocycles. The lowest BCUT2D eigenvalue weighted by Crippen LogP contribution is -2.67. The molecule has 0 aliphatic heterocycles. The van der Waals surface area contributed by atoms with E-state index in [0.29, 0.717) is 23.7 Å². The van der Waals surface area contributed by atoms with E-state index < -0.39 is 11.4 Å². The Labute approximate surface area is 201 Å². The highest BCUT2D eigenvalue weighted by molar-refractivity contribution is 5.76. The van der Waals surface area contributed by atoms with Crippen LogP contribution in [0.4, 0.5) is 0 Å². The Kier molecular flexibility index (Phi) is 5.15. The maximum absolute atomic E-state index is 12.8. The zero-order valence-electron chi connectivity index (χ0n) is 22.0. The van der Waals surface area contributed by atoms with Crippen LogP contribution < -0.4 is 0 Å². The van der Waals surface area contributed by atoms with Crippen molar-refractivity contribution in [1.82, 2.24) is 0 Å². The summed E-state index contributed by atoms with van der Waals surface area (Å²) in [6.07, 6.45) is 10.5. The molecule has 33 heavy (non-hydrogen) atoms. The maximum atomic E-state index is 12.8. The van der Waals surface area contributed by atoms with Crippen LogP contribution in [0.1, 0.15) is 106 Å². The molecule has 0 heterocycles. The normalized spacial score (nSPS) is 55.0. The van der Waals surface area contributed by atoms with Crippen molar-refractivity contribution < 1.29 is 15.0 Å². The van der Waals surface area contributed by atoms with Gasteiger partial charge in [0.1, 0.15) is 0 Å². The molecule has 0 aromatic rings. The van der Waals surface area contributed by atoms with Gasteiger partial charge in [-0.3, -0.25) is 4.79 Å². The number of rotatable bonds is 2. The van der Waals surface area contributed by atoms with Crippen molar-refractivity contribution in [3.05, 3.63) is 12.2 Å². The van der Waals surface area contributed by atoms with Gasteiger partial charge in [-0.15, -0.1) is 0 Å². The Balaban J connectivity index is 1.57. The van der Waals surface area contributed by atoms with E-state index in [2.05, 4.69) is 48.1 Å². The fourth-order valence-electron chi connectivity index (χ4n) is 11.5. The van der Waals surface area contributed by atoms with Crippen LogP contribution in [0, 0.1) is 56.7 Å². The molecule has 5 aliphatic rings. The van der Waals surface area contributed by atoms with E-state index in [4.69, 9.17) is 0 Å². The first-order valence-electron chi connectivity index (χ1n) is 13.8. The number of allylic oxidation sites excluding steroid dienone is 1. The Morgan fingerprint density at radius 2 is 1.52 bits per heavy atom. The van der Waals surface area contributed by atoms with Crippen LogP contribution >= 0.6 is 0 Å². The van der Waals surface area contributed by atoms with Crippen LogP contribution in [0.5, 0.6) is 0 Å². The average molecular weight is 457 g/mol. The number of hydrogen-bond acceptors (Lipinski definition) is 2. The van der Waals surface area contributed by atoms with Gasteiger partial charge in [0.25, 0.3) is 0 Å². The number of carbonyl (C=O) groups is 1. The van der Waals surface area contributed by atoms with Gasteiger partial charge in [0, 0.05) is 0 Å². The summed E-state index contributed by atoms with van der Waals surface area (Å²) in [5.41, 5.74) is 1.35. The van der Waals surface area contributed by atoms with Gasteiger partial charge in [-0.05, 0) is 122 Å². The van der Waals surface area contributed by atoms with Crippen LogP contribution in [-0.2, 0) is 4.79 Å². The van der Waals surface area contributed by atoms with Gasteiger partial charge in [-0.1, -0.05) is 46.8 Å². The van der Waals surface area contributed by atoms with Crippen LogP contribution in [0.15, 0.2) is 12.2 Å².